The molecule has 0 saturated heterocycles. The van der Waals surface area contributed by atoms with Crippen molar-refractivity contribution in [3.05, 3.63) is 158 Å². The average Bonchev–Trinajstić information content (AvgIpc) is 3.26. The van der Waals surface area contributed by atoms with E-state index in [0.29, 0.717) is 34.5 Å². The van der Waals surface area contributed by atoms with Gasteiger partial charge in [0.2, 0.25) is 0 Å². The molecule has 1 aliphatic rings. The van der Waals surface area contributed by atoms with Gasteiger partial charge in [-0.25, -0.2) is 0 Å². The van der Waals surface area contributed by atoms with Crippen molar-refractivity contribution in [2.45, 2.75) is 54.4 Å². The predicted octanol–water partition coefficient (Wildman–Crippen LogP) is 11.9. The second kappa shape index (κ2) is 21.3. The molecule has 1 unspecified atom stereocenters. The Morgan fingerprint density at radius 2 is 1.05 bits per heavy atom. The fourth-order valence-corrected chi connectivity index (χ4v) is 6.59. The van der Waals surface area contributed by atoms with E-state index in [1.54, 1.807) is 26.8 Å². The lowest BCUT2D eigenvalue weighted by Gasteiger charge is -2.12. The van der Waals surface area contributed by atoms with Crippen LogP contribution in [0.15, 0.2) is 118 Å². The zero-order valence-corrected chi connectivity index (χ0v) is 35.6. The van der Waals surface area contributed by atoms with E-state index in [1.165, 1.54) is 0 Å². The first kappa shape index (κ1) is 42.9. The molecule has 6 rings (SSSR count). The summed E-state index contributed by atoms with van der Waals surface area (Å²) in [6, 6.07) is 26.7. The average molecular weight is 793 g/mol. The van der Waals surface area contributed by atoms with Crippen molar-refractivity contribution in [3.8, 4) is 112 Å². The summed E-state index contributed by atoms with van der Waals surface area (Å²) in [5.41, 5.74) is 8.99. The second-order valence-corrected chi connectivity index (χ2v) is 13.8. The van der Waals surface area contributed by atoms with Gasteiger partial charge in [-0.1, -0.05) is 120 Å². The first-order valence-electron chi connectivity index (χ1n) is 20.0. The van der Waals surface area contributed by atoms with Crippen molar-refractivity contribution in [1.82, 2.24) is 0 Å². The lowest BCUT2D eigenvalue weighted by atomic mass is 9.90. The number of hydrogen-bond donors (Lipinski definition) is 1. The van der Waals surface area contributed by atoms with Crippen LogP contribution in [0.25, 0.3) is 10.8 Å². The van der Waals surface area contributed by atoms with Crippen LogP contribution in [0.4, 0.5) is 11.4 Å². The van der Waals surface area contributed by atoms with E-state index in [1.807, 2.05) is 106 Å². The molecule has 292 valence electrons. The van der Waals surface area contributed by atoms with Crippen molar-refractivity contribution in [1.29, 1.82) is 0 Å². The summed E-state index contributed by atoms with van der Waals surface area (Å²) >= 11 is 0. The smallest absolute Gasteiger partial charge is 0.143 e. The number of fused-ring (bicyclic) bond motifs is 1. The molecule has 1 N–H and O–H groups in total. The number of phenols is 1. The minimum absolute atomic E-state index is 0.00353. The maximum atomic E-state index is 11.1. The number of rotatable bonds is 2. The Bertz CT molecular complexity index is 3280. The van der Waals surface area contributed by atoms with Gasteiger partial charge in [0.05, 0.1) is 11.1 Å². The van der Waals surface area contributed by atoms with E-state index in [9.17, 15) is 5.11 Å². The molecule has 3 nitrogen and oxygen atoms in total. The normalized spacial score (nSPS) is 11.9. The molecule has 0 amide bonds. The molecule has 5 aromatic rings. The van der Waals surface area contributed by atoms with Gasteiger partial charge in [-0.05, 0) is 107 Å². The van der Waals surface area contributed by atoms with Crippen LogP contribution in [-0.4, -0.2) is 5.11 Å². The van der Waals surface area contributed by atoms with Crippen LogP contribution < -0.4 is 0 Å². The molecule has 1 atom stereocenters. The lowest BCUT2D eigenvalue weighted by Crippen LogP contribution is -2.01. The van der Waals surface area contributed by atoms with Crippen LogP contribution in [0.2, 0.25) is 0 Å². The lowest BCUT2D eigenvalue weighted by molar-refractivity contribution is 0.477. The Kier molecular flexibility index (Phi) is 14.8. The van der Waals surface area contributed by atoms with Crippen LogP contribution >= 0.6 is 0 Å². The summed E-state index contributed by atoms with van der Waals surface area (Å²) in [6.45, 7) is 11.1. The van der Waals surface area contributed by atoms with Crippen molar-refractivity contribution in [2.24, 2.45) is 16.1 Å². The summed E-state index contributed by atoms with van der Waals surface area (Å²) in [7, 11) is 0. The number of allylic oxidation sites excluding steroid dienone is 4. The maximum Gasteiger partial charge on any atom is 0.143 e. The molecule has 0 aliphatic heterocycles. The van der Waals surface area contributed by atoms with Crippen LogP contribution in [0.3, 0.4) is 0 Å². The molecule has 0 saturated carbocycles. The maximum absolute atomic E-state index is 11.1. The first-order valence-corrected chi connectivity index (χ1v) is 20.0. The van der Waals surface area contributed by atoms with E-state index >= 15 is 0 Å². The van der Waals surface area contributed by atoms with Gasteiger partial charge >= 0.3 is 0 Å². The summed E-state index contributed by atoms with van der Waals surface area (Å²) in [5, 5.41) is 22.3. The van der Waals surface area contributed by atoms with Gasteiger partial charge in [-0.2, -0.15) is 0 Å². The van der Waals surface area contributed by atoms with Gasteiger partial charge in [-0.15, -0.1) is 39.8 Å². The summed E-state index contributed by atoms with van der Waals surface area (Å²) in [5.74, 6) is 57.5. The zero-order chi connectivity index (χ0) is 43.7. The Labute approximate surface area is 366 Å². The highest BCUT2D eigenvalue weighted by Crippen LogP contribution is 2.37. The van der Waals surface area contributed by atoms with Crippen molar-refractivity contribution in [2.75, 3.05) is 0 Å². The molecular formula is C59H40N2O. The third-order valence-corrected chi connectivity index (χ3v) is 9.12. The molecule has 0 heterocycles. The van der Waals surface area contributed by atoms with E-state index in [-0.39, 0.29) is 11.7 Å². The number of nitrogens with zero attached hydrogens (tertiary/aromatic N) is 2. The van der Waals surface area contributed by atoms with Crippen LogP contribution in [-0.2, 0) is 0 Å². The summed E-state index contributed by atoms with van der Waals surface area (Å²) in [6.07, 6.45) is 5.50. The predicted molar refractivity (Wildman–Crippen MR) is 254 cm³/mol. The van der Waals surface area contributed by atoms with E-state index < -0.39 is 0 Å². The molecular weight excluding hydrogens is 753 g/mol. The number of hydrogen-bond acceptors (Lipinski definition) is 3. The monoisotopic (exact) mass is 792 g/mol. The van der Waals surface area contributed by atoms with Crippen molar-refractivity contribution >= 4 is 22.1 Å². The SMILES string of the molecule is CC#CC1=CC(C#CC)CC(C#Cc2cc(C#Cc3cc(C#CC)cc(C#CC)c3)c(/N=N/c3c(O)ccc4ccccc34)c(C#Cc3cc(C#CC)cc(C#CCC)c3)c2)=C1. The third kappa shape index (κ3) is 11.5. The summed E-state index contributed by atoms with van der Waals surface area (Å²) in [4.78, 5) is 0. The largest absolute Gasteiger partial charge is 0.506 e. The highest BCUT2D eigenvalue weighted by atomic mass is 16.3. The molecule has 0 bridgehead atoms. The number of aromatic hydroxyl groups is 1. The van der Waals surface area contributed by atoms with Gasteiger partial charge in [0.1, 0.15) is 17.1 Å². The van der Waals surface area contributed by atoms with E-state index in [2.05, 4.69) is 118 Å². The molecule has 0 fully saturated rings. The number of benzene rings is 5. The quantitative estimate of drug-likeness (QED) is 0.140. The van der Waals surface area contributed by atoms with E-state index in [0.717, 1.165) is 61.7 Å². The van der Waals surface area contributed by atoms with Crippen molar-refractivity contribution < 1.29 is 5.11 Å². The van der Waals surface area contributed by atoms with Crippen LogP contribution in [0.5, 0.6) is 5.75 Å². The Morgan fingerprint density at radius 3 is 1.61 bits per heavy atom. The van der Waals surface area contributed by atoms with Gasteiger partial charge in [0.15, 0.2) is 0 Å². The minimum Gasteiger partial charge on any atom is -0.506 e. The van der Waals surface area contributed by atoms with Crippen molar-refractivity contribution in [3.63, 3.8) is 0 Å². The third-order valence-electron chi connectivity index (χ3n) is 9.12. The molecule has 0 aromatic heterocycles. The summed E-state index contributed by atoms with van der Waals surface area (Å²) < 4.78 is 0. The van der Waals surface area contributed by atoms with Crippen LogP contribution in [0.1, 0.15) is 104 Å². The molecule has 3 heteroatoms. The van der Waals surface area contributed by atoms with Crippen LogP contribution in [0, 0.1) is 112 Å². The molecule has 5 aromatic carbocycles. The molecule has 62 heavy (non-hydrogen) atoms. The molecule has 0 radical (unpaired) electrons. The molecule has 1 aliphatic carbocycles. The second-order valence-electron chi connectivity index (χ2n) is 13.8. The van der Waals surface area contributed by atoms with E-state index in [4.69, 9.17) is 5.11 Å². The highest BCUT2D eigenvalue weighted by Gasteiger charge is 2.14. The number of phenolic OH excluding ortho intramolecular Hbond substituents is 1. The fraction of sp³-hybridized carbons (Fsp3) is 0.153. The Hall–Kier alpha value is -8.72. The first-order chi connectivity index (χ1) is 30.3. The standard InChI is InChI=1S/C59H40N2O/c1-7-13-21-48-34-47(20-12-6)39-51(40-48)27-29-55-42-52(25-24-49-35-43(16-8-2)32-44(36-49)17-9-3)41-54(28-26-50-37-45(18-10-4)33-46(38-50)19-11-5)58(55)60-61-59-56-23-15-14-22-53(56)30-31-57(59)62/h14-15,22-23,30-35,37-42,44,62H,7,36H2,1-6H3/b61-60+. The Balaban J connectivity index is 1.63. The highest BCUT2D eigenvalue weighted by molar-refractivity contribution is 5.95. The minimum atomic E-state index is -0.00353. The molecule has 0 spiro atoms. The van der Waals surface area contributed by atoms with Gasteiger partial charge in [-0.3, -0.25) is 0 Å². The topological polar surface area (TPSA) is 45.0 Å². The van der Waals surface area contributed by atoms with Gasteiger partial charge in [0, 0.05) is 67.8 Å². The zero-order valence-electron chi connectivity index (χ0n) is 35.6. The van der Waals surface area contributed by atoms with Gasteiger partial charge in [0.25, 0.3) is 0 Å². The van der Waals surface area contributed by atoms with Gasteiger partial charge < -0.3 is 5.11 Å². The fourth-order valence-electron chi connectivity index (χ4n) is 6.59. The Morgan fingerprint density at radius 1 is 0.532 bits per heavy atom. The number of azo groups is 1.